The van der Waals surface area contributed by atoms with Crippen molar-refractivity contribution in [3.8, 4) is 58.9 Å². The highest BCUT2D eigenvalue weighted by Crippen LogP contribution is 2.31. The summed E-state index contributed by atoms with van der Waals surface area (Å²) in [6, 6.07) is 14.4. The molecule has 1 amide bonds. The van der Waals surface area contributed by atoms with Crippen molar-refractivity contribution in [3.05, 3.63) is 85.0 Å². The van der Waals surface area contributed by atoms with E-state index in [1.807, 2.05) is 19.1 Å². The maximum Gasteiger partial charge on any atom is 0.407 e. The molecule has 11 nitrogen and oxygen atoms in total. The number of carbonyl (C=O) groups excluding carboxylic acids is 4. The number of ether oxygens (including phenoxy) is 6. The van der Waals surface area contributed by atoms with Crippen LogP contribution in [0.2, 0.25) is 0 Å². The van der Waals surface area contributed by atoms with Crippen LogP contribution in [-0.4, -0.2) is 69.2 Å². The van der Waals surface area contributed by atoms with Crippen LogP contribution < -0.4 is 14.8 Å². The highest BCUT2D eigenvalue weighted by molar-refractivity contribution is 5.81. The fraction of sp³-hybridized carbons (Fsp3) is 0.378. The van der Waals surface area contributed by atoms with Gasteiger partial charge in [-0.3, -0.25) is 4.79 Å². The topological polar surface area (TPSA) is 136 Å². The molecule has 2 atom stereocenters. The average Bonchev–Trinajstić information content (AvgIpc) is 3.21. The Balaban J connectivity index is 1.40. The number of amides is 1. The number of benzene rings is 2. The maximum atomic E-state index is 12.9. The van der Waals surface area contributed by atoms with Gasteiger partial charge in [0.15, 0.2) is 12.2 Å². The Labute approximate surface area is 329 Å². The lowest BCUT2D eigenvalue weighted by molar-refractivity contribution is -0.159. The molecule has 0 saturated heterocycles. The van der Waals surface area contributed by atoms with E-state index in [0.717, 1.165) is 49.0 Å². The molecule has 1 saturated carbocycles. The van der Waals surface area contributed by atoms with Crippen LogP contribution in [0.1, 0.15) is 56.6 Å². The van der Waals surface area contributed by atoms with Gasteiger partial charge in [-0.25, -0.2) is 14.4 Å². The van der Waals surface area contributed by atoms with Crippen LogP contribution in [0.5, 0.6) is 11.5 Å². The minimum Gasteiger partial charge on any atom is -0.490 e. The van der Waals surface area contributed by atoms with Gasteiger partial charge in [-0.2, -0.15) is 0 Å². The van der Waals surface area contributed by atoms with E-state index in [1.54, 1.807) is 43.3 Å². The van der Waals surface area contributed by atoms with E-state index >= 15 is 0 Å². The first-order chi connectivity index (χ1) is 27.2. The van der Waals surface area contributed by atoms with Crippen LogP contribution in [0.25, 0.3) is 0 Å². The third-order valence-electron chi connectivity index (χ3n) is 8.38. The molecule has 0 aromatic heterocycles. The first kappa shape index (κ1) is 43.8. The Kier molecular flexibility index (Phi) is 19.9. The number of hydrogen-bond acceptors (Lipinski definition) is 10. The smallest absolute Gasteiger partial charge is 0.407 e. The zero-order valence-corrected chi connectivity index (χ0v) is 31.9. The van der Waals surface area contributed by atoms with Gasteiger partial charge >= 0.3 is 24.0 Å². The molecule has 1 aliphatic rings. The lowest BCUT2D eigenvalue weighted by Gasteiger charge is -2.28. The molecule has 1 aliphatic carbocycles. The van der Waals surface area contributed by atoms with Gasteiger partial charge in [0.25, 0.3) is 0 Å². The van der Waals surface area contributed by atoms with E-state index in [4.69, 9.17) is 28.4 Å². The predicted molar refractivity (Wildman–Crippen MR) is 210 cm³/mol. The number of esters is 3. The van der Waals surface area contributed by atoms with Gasteiger partial charge in [0, 0.05) is 30.7 Å². The predicted octanol–water partition coefficient (Wildman–Crippen LogP) is 5.89. The van der Waals surface area contributed by atoms with Crippen molar-refractivity contribution in [2.75, 3.05) is 33.0 Å². The highest BCUT2D eigenvalue weighted by Gasteiger charge is 2.25. The van der Waals surface area contributed by atoms with Gasteiger partial charge in [-0.15, -0.1) is 0 Å². The summed E-state index contributed by atoms with van der Waals surface area (Å²) < 4.78 is 33.0. The van der Waals surface area contributed by atoms with Crippen molar-refractivity contribution in [3.63, 3.8) is 0 Å². The van der Waals surface area contributed by atoms with Gasteiger partial charge in [0.05, 0.1) is 0 Å². The lowest BCUT2D eigenvalue weighted by atomic mass is 9.80. The molecule has 0 radical (unpaired) electrons. The summed E-state index contributed by atoms with van der Waals surface area (Å²) in [4.78, 5) is 48.8. The molecule has 292 valence electrons. The molecule has 0 spiro atoms. The molecule has 0 bridgehead atoms. The van der Waals surface area contributed by atoms with E-state index < -0.39 is 36.2 Å². The molecule has 2 unspecified atom stereocenters. The Morgan fingerprint density at radius 3 is 1.80 bits per heavy atom. The number of nitrogens with one attached hydrogen (secondary N) is 1. The van der Waals surface area contributed by atoms with Gasteiger partial charge in [-0.05, 0) is 117 Å². The first-order valence-corrected chi connectivity index (χ1v) is 18.2. The van der Waals surface area contributed by atoms with Gasteiger partial charge < -0.3 is 33.7 Å². The Bertz CT molecular complexity index is 1880. The normalized spacial score (nSPS) is 14.9. The maximum absolute atomic E-state index is 12.9. The van der Waals surface area contributed by atoms with Crippen molar-refractivity contribution >= 4 is 24.0 Å². The van der Waals surface area contributed by atoms with Crippen molar-refractivity contribution < 1.29 is 47.6 Å². The van der Waals surface area contributed by atoms with Crippen LogP contribution in [0.3, 0.4) is 0 Å². The van der Waals surface area contributed by atoms with Crippen molar-refractivity contribution in [2.24, 2.45) is 11.8 Å². The second kappa shape index (κ2) is 25.5. The Morgan fingerprint density at radius 2 is 1.23 bits per heavy atom. The molecule has 1 fully saturated rings. The minimum atomic E-state index is -0.830. The highest BCUT2D eigenvalue weighted by atomic mass is 16.6. The third kappa shape index (κ3) is 18.5. The Morgan fingerprint density at radius 1 is 0.714 bits per heavy atom. The summed E-state index contributed by atoms with van der Waals surface area (Å²) in [5.41, 5.74) is 1.80. The molecule has 2 aromatic rings. The largest absolute Gasteiger partial charge is 0.490 e. The monoisotopic (exact) mass is 761 g/mol. The first-order valence-electron chi connectivity index (χ1n) is 18.2. The molecule has 0 heterocycles. The summed E-state index contributed by atoms with van der Waals surface area (Å²) in [5.74, 6) is 21.3. The van der Waals surface area contributed by atoms with Gasteiger partial charge in [0.2, 0.25) is 0 Å². The quantitative estimate of drug-likeness (QED) is 0.0800. The minimum absolute atomic E-state index is 0.00326. The summed E-state index contributed by atoms with van der Waals surface area (Å²) in [6.07, 6.45) is 4.13. The summed E-state index contributed by atoms with van der Waals surface area (Å²) in [6.45, 7) is 10.5. The second-order valence-electron chi connectivity index (χ2n) is 12.7. The van der Waals surface area contributed by atoms with Gasteiger partial charge in [0.1, 0.15) is 37.9 Å². The zero-order valence-electron chi connectivity index (χ0n) is 31.9. The second-order valence-corrected chi connectivity index (χ2v) is 12.7. The van der Waals surface area contributed by atoms with Crippen molar-refractivity contribution in [2.45, 2.75) is 64.6 Å². The zero-order chi connectivity index (χ0) is 40.4. The fourth-order valence-corrected chi connectivity index (χ4v) is 5.35. The van der Waals surface area contributed by atoms with E-state index in [-0.39, 0.29) is 38.8 Å². The van der Waals surface area contributed by atoms with Crippen molar-refractivity contribution in [1.29, 1.82) is 0 Å². The van der Waals surface area contributed by atoms with Crippen molar-refractivity contribution in [1.82, 2.24) is 5.32 Å². The molecule has 56 heavy (non-hydrogen) atoms. The summed E-state index contributed by atoms with van der Waals surface area (Å²) in [5, 5.41) is 2.82. The van der Waals surface area contributed by atoms with E-state index in [0.29, 0.717) is 30.4 Å². The average molecular weight is 762 g/mol. The number of carbonyl (C=O) groups is 4. The molecule has 1 N–H and O–H groups in total. The molecule has 3 rings (SSSR count). The number of alkyl carbamates (subject to hydrolysis) is 1. The molecular weight excluding hydrogens is 714 g/mol. The van der Waals surface area contributed by atoms with E-state index in [2.05, 4.69) is 65.8 Å². The summed E-state index contributed by atoms with van der Waals surface area (Å²) >= 11 is 0. The number of hydrogen-bond donors (Lipinski definition) is 1. The third-order valence-corrected chi connectivity index (χ3v) is 8.38. The SMILES string of the molecule is C=CC(=O)OCC(COc1ccc(C#CC#CC#CC#CC)cc1)OC(=O)CCC1CCC(CNC(=O)OC(COC(=O)C=C)COc2ccc(C)cc2)CC1. The lowest BCUT2D eigenvalue weighted by Crippen LogP contribution is -2.37. The standard InChI is InChI=1S/C45H47NO10/c1-5-8-9-10-11-12-13-14-35-21-26-39(27-22-35)51-30-40(32-53-42(47)6-2)55-44(49)28-23-36-17-19-37(20-18-36)29-46-45(50)56-41(33-54-43(48)7-3)31-52-38-24-15-34(4)16-25-38/h6-7,15-16,21-22,24-27,36-37,40-41H,2-3,17-20,23,28-33H2,1,4H3,(H,46,50). The van der Waals surface area contributed by atoms with Gasteiger partial charge in [-0.1, -0.05) is 55.5 Å². The molecular formula is C45H47NO10. The Hall–Kier alpha value is -6.56. The number of rotatable bonds is 19. The van der Waals surface area contributed by atoms with Crippen LogP contribution in [0.15, 0.2) is 73.8 Å². The molecule has 2 aromatic carbocycles. The van der Waals surface area contributed by atoms with Crippen LogP contribution >= 0.6 is 0 Å². The number of aryl methyl sites for hydroxylation is 1. The van der Waals surface area contributed by atoms with E-state index in [1.165, 1.54) is 0 Å². The van der Waals surface area contributed by atoms with Crippen LogP contribution in [0, 0.1) is 66.1 Å². The molecule has 11 heteroatoms. The summed E-state index contributed by atoms with van der Waals surface area (Å²) in [7, 11) is 0. The van der Waals surface area contributed by atoms with Crippen LogP contribution in [-0.2, 0) is 33.3 Å². The molecule has 0 aliphatic heterocycles. The van der Waals surface area contributed by atoms with Crippen LogP contribution in [0.4, 0.5) is 4.79 Å². The van der Waals surface area contributed by atoms with E-state index in [9.17, 15) is 19.2 Å². The fourth-order valence-electron chi connectivity index (χ4n) is 5.35.